The number of guanidine groups is 1. The zero-order chi connectivity index (χ0) is 20.8. The zero-order valence-corrected chi connectivity index (χ0v) is 17.2. The van der Waals surface area contributed by atoms with Crippen LogP contribution in [0.25, 0.3) is 0 Å². The number of piperidine rings is 2. The van der Waals surface area contributed by atoms with E-state index in [1.165, 1.54) is 11.0 Å². The van der Waals surface area contributed by atoms with Crippen LogP contribution in [0.5, 0.6) is 0 Å². The van der Waals surface area contributed by atoms with Gasteiger partial charge in [0.2, 0.25) is 11.8 Å². The van der Waals surface area contributed by atoms with Gasteiger partial charge in [-0.2, -0.15) is 0 Å². The molecule has 2 fully saturated rings. The second-order valence-corrected chi connectivity index (χ2v) is 7.65. The predicted octanol–water partition coefficient (Wildman–Crippen LogP) is 1.81. The number of hydrogen-bond donors (Lipinski definition) is 2. The summed E-state index contributed by atoms with van der Waals surface area (Å²) >= 11 is 0. The van der Waals surface area contributed by atoms with Gasteiger partial charge in [-0.25, -0.2) is 4.39 Å². The van der Waals surface area contributed by atoms with E-state index >= 15 is 0 Å². The molecule has 0 bridgehead atoms. The molecule has 0 aromatic heterocycles. The van der Waals surface area contributed by atoms with E-state index in [4.69, 9.17) is 0 Å². The minimum Gasteiger partial charge on any atom is -0.369 e. The lowest BCUT2D eigenvalue weighted by atomic mass is 10.0. The van der Waals surface area contributed by atoms with Crippen LogP contribution in [0.1, 0.15) is 37.7 Å². The van der Waals surface area contributed by atoms with Gasteiger partial charge in [-0.05, 0) is 49.9 Å². The molecule has 2 N–H and O–H groups in total. The third kappa shape index (κ3) is 5.46. The molecule has 29 heavy (non-hydrogen) atoms. The number of aliphatic imine (C=N–C) groups is 1. The van der Waals surface area contributed by atoms with Crippen LogP contribution in [0.2, 0.25) is 0 Å². The second-order valence-electron chi connectivity index (χ2n) is 7.65. The van der Waals surface area contributed by atoms with Gasteiger partial charge in [-0.15, -0.1) is 0 Å². The van der Waals surface area contributed by atoms with Crippen molar-refractivity contribution in [2.75, 3.05) is 38.1 Å². The third-order valence-corrected chi connectivity index (χ3v) is 5.50. The number of aryl methyl sites for hydroxylation is 1. The molecule has 1 unspecified atom stereocenters. The first-order chi connectivity index (χ1) is 14.0. The van der Waals surface area contributed by atoms with Gasteiger partial charge in [0.1, 0.15) is 5.82 Å². The Hall–Kier alpha value is -2.64. The average Bonchev–Trinajstić information content (AvgIpc) is 2.69. The molecule has 1 aromatic carbocycles. The highest BCUT2D eigenvalue weighted by atomic mass is 19.1. The number of imide groups is 1. The van der Waals surface area contributed by atoms with Crippen molar-refractivity contribution in [2.24, 2.45) is 4.99 Å². The Morgan fingerprint density at radius 3 is 2.69 bits per heavy atom. The van der Waals surface area contributed by atoms with Gasteiger partial charge in [0.25, 0.3) is 0 Å². The molecule has 0 saturated carbocycles. The summed E-state index contributed by atoms with van der Waals surface area (Å²) in [5.74, 6) is 0.255. The molecule has 0 spiro atoms. The van der Waals surface area contributed by atoms with Crippen molar-refractivity contribution in [2.45, 2.75) is 45.1 Å². The highest BCUT2D eigenvalue weighted by Crippen LogP contribution is 2.24. The fourth-order valence-corrected chi connectivity index (χ4v) is 4.01. The number of benzene rings is 1. The van der Waals surface area contributed by atoms with Crippen molar-refractivity contribution < 1.29 is 14.0 Å². The highest BCUT2D eigenvalue weighted by molar-refractivity contribution is 5.97. The highest BCUT2D eigenvalue weighted by Gasteiger charge is 2.26. The topological polar surface area (TPSA) is 77.0 Å². The average molecular weight is 404 g/mol. The number of anilines is 1. The quantitative estimate of drug-likeness (QED) is 0.445. The minimum absolute atomic E-state index is 0.0939. The van der Waals surface area contributed by atoms with E-state index in [1.54, 1.807) is 13.1 Å². The minimum atomic E-state index is -0.215. The molecular formula is C21H30FN5O2. The van der Waals surface area contributed by atoms with Gasteiger partial charge < -0.3 is 15.5 Å². The molecule has 8 heteroatoms. The number of rotatable bonds is 5. The van der Waals surface area contributed by atoms with Gasteiger partial charge in [-0.3, -0.25) is 19.5 Å². The summed E-state index contributed by atoms with van der Waals surface area (Å²) in [4.78, 5) is 31.7. The number of nitrogens with one attached hydrogen (secondary N) is 2. The van der Waals surface area contributed by atoms with Crippen molar-refractivity contribution >= 4 is 23.5 Å². The first-order valence-corrected chi connectivity index (χ1v) is 10.3. The van der Waals surface area contributed by atoms with Crippen molar-refractivity contribution in [1.82, 2.24) is 15.5 Å². The number of hydrogen-bond acceptors (Lipinski definition) is 4. The largest absolute Gasteiger partial charge is 0.369 e. The molecule has 2 amide bonds. The summed E-state index contributed by atoms with van der Waals surface area (Å²) in [6, 6.07) is 5.11. The van der Waals surface area contributed by atoms with E-state index in [9.17, 15) is 14.0 Å². The SMILES string of the molecule is CN=C(NCCN1C(=O)CCCC1=O)NC1CCCN(c2ccc(F)cc2C)C1. The maximum absolute atomic E-state index is 13.4. The van der Waals surface area contributed by atoms with Crippen molar-refractivity contribution in [3.63, 3.8) is 0 Å². The van der Waals surface area contributed by atoms with Crippen LogP contribution in [0.4, 0.5) is 10.1 Å². The van der Waals surface area contributed by atoms with Crippen LogP contribution in [0.3, 0.4) is 0 Å². The molecule has 0 aliphatic carbocycles. The van der Waals surface area contributed by atoms with Gasteiger partial charge in [0.05, 0.1) is 0 Å². The Morgan fingerprint density at radius 1 is 1.24 bits per heavy atom. The summed E-state index contributed by atoms with van der Waals surface area (Å²) in [7, 11) is 1.71. The van der Waals surface area contributed by atoms with Crippen LogP contribution in [0.15, 0.2) is 23.2 Å². The lowest BCUT2D eigenvalue weighted by molar-refractivity contribution is -0.147. The molecular weight excluding hydrogens is 373 g/mol. The maximum Gasteiger partial charge on any atom is 0.229 e. The summed E-state index contributed by atoms with van der Waals surface area (Å²) in [6.45, 7) is 4.49. The fourth-order valence-electron chi connectivity index (χ4n) is 4.01. The van der Waals surface area contributed by atoms with E-state index in [-0.39, 0.29) is 23.7 Å². The van der Waals surface area contributed by atoms with E-state index in [2.05, 4.69) is 20.5 Å². The monoisotopic (exact) mass is 403 g/mol. The summed E-state index contributed by atoms with van der Waals surface area (Å²) < 4.78 is 13.4. The molecule has 158 valence electrons. The molecule has 0 radical (unpaired) electrons. The molecule has 1 aromatic rings. The Balaban J connectivity index is 1.51. The molecule has 2 heterocycles. The van der Waals surface area contributed by atoms with Crippen LogP contribution < -0.4 is 15.5 Å². The van der Waals surface area contributed by atoms with Gasteiger partial charge >= 0.3 is 0 Å². The van der Waals surface area contributed by atoms with Crippen LogP contribution >= 0.6 is 0 Å². The molecule has 2 saturated heterocycles. The Bertz CT molecular complexity index is 766. The fraction of sp³-hybridized carbons (Fsp3) is 0.571. The lowest BCUT2D eigenvalue weighted by Gasteiger charge is -2.36. The van der Waals surface area contributed by atoms with Crippen LogP contribution in [-0.2, 0) is 9.59 Å². The van der Waals surface area contributed by atoms with Crippen molar-refractivity contribution in [1.29, 1.82) is 0 Å². The molecule has 2 aliphatic heterocycles. The standard InChI is InChI=1S/C21H30FN5O2/c1-15-13-16(22)8-9-18(15)26-11-4-5-17(14-26)25-21(23-2)24-10-12-27-19(28)6-3-7-20(27)29/h8-9,13,17H,3-7,10-12,14H2,1-2H3,(H2,23,24,25). The maximum atomic E-state index is 13.4. The first-order valence-electron chi connectivity index (χ1n) is 10.3. The second kappa shape index (κ2) is 9.71. The number of halogens is 1. The van der Waals surface area contributed by atoms with Crippen molar-refractivity contribution in [3.05, 3.63) is 29.6 Å². The lowest BCUT2D eigenvalue weighted by Crippen LogP contribution is -2.52. The molecule has 2 aliphatic rings. The number of nitrogens with zero attached hydrogens (tertiary/aromatic N) is 3. The van der Waals surface area contributed by atoms with E-state index < -0.39 is 0 Å². The third-order valence-electron chi connectivity index (χ3n) is 5.50. The van der Waals surface area contributed by atoms with E-state index in [0.29, 0.717) is 38.3 Å². The molecule has 1 atom stereocenters. The van der Waals surface area contributed by atoms with E-state index in [1.807, 2.05) is 13.0 Å². The van der Waals surface area contributed by atoms with E-state index in [0.717, 1.165) is 37.2 Å². The van der Waals surface area contributed by atoms with Gasteiger partial charge in [0, 0.05) is 57.8 Å². The van der Waals surface area contributed by atoms with Crippen LogP contribution in [-0.4, -0.2) is 61.9 Å². The number of amides is 2. The Labute approximate surface area is 171 Å². The normalized spacial score (nSPS) is 20.8. The molecule has 3 rings (SSSR count). The smallest absolute Gasteiger partial charge is 0.229 e. The number of carbonyl (C=O) groups is 2. The summed E-state index contributed by atoms with van der Waals surface area (Å²) in [6.07, 6.45) is 3.58. The zero-order valence-electron chi connectivity index (χ0n) is 17.2. The Kier molecular flexibility index (Phi) is 7.06. The first kappa shape index (κ1) is 21.1. The number of likely N-dealkylation sites (tertiary alicyclic amines) is 1. The molecule has 7 nitrogen and oxygen atoms in total. The van der Waals surface area contributed by atoms with Crippen LogP contribution in [0, 0.1) is 12.7 Å². The predicted molar refractivity (Wildman–Crippen MR) is 111 cm³/mol. The van der Waals surface area contributed by atoms with Crippen molar-refractivity contribution in [3.8, 4) is 0 Å². The number of carbonyl (C=O) groups excluding carboxylic acids is 2. The summed E-state index contributed by atoms with van der Waals surface area (Å²) in [5.41, 5.74) is 1.99. The Morgan fingerprint density at radius 2 is 2.00 bits per heavy atom. The van der Waals surface area contributed by atoms with Gasteiger partial charge in [0.15, 0.2) is 5.96 Å². The summed E-state index contributed by atoms with van der Waals surface area (Å²) in [5, 5.41) is 6.63. The van der Waals surface area contributed by atoms with Gasteiger partial charge in [-0.1, -0.05) is 0 Å².